The summed E-state index contributed by atoms with van der Waals surface area (Å²) in [5.74, 6) is -0.186. The molecule has 0 aliphatic carbocycles. The highest BCUT2D eigenvalue weighted by Gasteiger charge is 2.21. The molecule has 2 rings (SSSR count). The van der Waals surface area contributed by atoms with Crippen LogP contribution < -0.4 is 5.32 Å². The van der Waals surface area contributed by atoms with Crippen LogP contribution in [0, 0.1) is 0 Å². The Labute approximate surface area is 149 Å². The van der Waals surface area contributed by atoms with Gasteiger partial charge in [-0.15, -0.1) is 0 Å². The molecule has 1 N–H and O–H groups in total. The molecule has 0 radical (unpaired) electrons. The molecule has 0 spiro atoms. The van der Waals surface area contributed by atoms with Crippen molar-refractivity contribution in [1.82, 2.24) is 10.2 Å². The van der Waals surface area contributed by atoms with Gasteiger partial charge in [-0.25, -0.2) is 0 Å². The van der Waals surface area contributed by atoms with Gasteiger partial charge in [0.15, 0.2) is 0 Å². The number of likely N-dealkylation sites (N-methyl/N-ethyl adjacent to an activating group) is 1. The minimum Gasteiger partial charge on any atom is -0.376 e. The molecule has 1 saturated heterocycles. The third kappa shape index (κ3) is 5.83. The number of hydrogen-bond acceptors (Lipinski definition) is 4. The SMILES string of the molecule is CNC(=O)c1ccc(CN(C)C(=O)[C@@H](C)OC[C@H]2CCCCO2)cc1. The second-order valence-corrected chi connectivity index (χ2v) is 6.43. The lowest BCUT2D eigenvalue weighted by atomic mass is 10.1. The number of ether oxygens (including phenoxy) is 2. The van der Waals surface area contributed by atoms with Crippen LogP contribution in [0.1, 0.15) is 42.1 Å². The number of amides is 2. The Hall–Kier alpha value is -1.92. The number of hydrogen-bond donors (Lipinski definition) is 1. The first kappa shape index (κ1) is 19.4. The zero-order valence-electron chi connectivity index (χ0n) is 15.3. The summed E-state index contributed by atoms with van der Waals surface area (Å²) >= 11 is 0. The lowest BCUT2D eigenvalue weighted by molar-refractivity contribution is -0.145. The minimum atomic E-state index is -0.499. The maximum atomic E-state index is 12.4. The monoisotopic (exact) mass is 348 g/mol. The van der Waals surface area contributed by atoms with Crippen molar-refractivity contribution in [3.05, 3.63) is 35.4 Å². The smallest absolute Gasteiger partial charge is 0.251 e. The molecule has 0 saturated carbocycles. The van der Waals surface area contributed by atoms with Gasteiger partial charge in [0.25, 0.3) is 11.8 Å². The minimum absolute atomic E-state index is 0.0637. The fraction of sp³-hybridized carbons (Fsp3) is 0.579. The van der Waals surface area contributed by atoms with Crippen LogP contribution in [0.5, 0.6) is 0 Å². The summed E-state index contributed by atoms with van der Waals surface area (Å²) < 4.78 is 11.3. The third-order valence-corrected chi connectivity index (χ3v) is 4.39. The number of carbonyl (C=O) groups excluding carboxylic acids is 2. The molecule has 2 atom stereocenters. The predicted molar refractivity (Wildman–Crippen MR) is 95.3 cm³/mol. The van der Waals surface area contributed by atoms with Crippen LogP contribution in [-0.2, 0) is 20.8 Å². The Morgan fingerprint density at radius 2 is 2.04 bits per heavy atom. The van der Waals surface area contributed by atoms with E-state index in [0.29, 0.717) is 18.7 Å². The molecule has 1 aliphatic heterocycles. The average molecular weight is 348 g/mol. The first-order valence-electron chi connectivity index (χ1n) is 8.80. The first-order valence-corrected chi connectivity index (χ1v) is 8.80. The lowest BCUT2D eigenvalue weighted by Crippen LogP contribution is -2.37. The van der Waals surface area contributed by atoms with E-state index in [9.17, 15) is 9.59 Å². The number of nitrogens with zero attached hydrogens (tertiary/aromatic N) is 1. The van der Waals surface area contributed by atoms with Crippen LogP contribution in [0.25, 0.3) is 0 Å². The van der Waals surface area contributed by atoms with Crippen LogP contribution in [0.4, 0.5) is 0 Å². The van der Waals surface area contributed by atoms with E-state index in [1.807, 2.05) is 12.1 Å². The molecule has 0 aromatic heterocycles. The summed E-state index contributed by atoms with van der Waals surface area (Å²) in [6, 6.07) is 7.23. The molecule has 2 amide bonds. The van der Waals surface area contributed by atoms with Gasteiger partial charge in [0.2, 0.25) is 0 Å². The standard InChI is InChI=1S/C19H28N2O4/c1-14(25-13-17-6-4-5-11-24-17)19(23)21(3)12-15-7-9-16(10-8-15)18(22)20-2/h7-10,14,17H,4-6,11-13H2,1-3H3,(H,20,22)/t14-,17-/m1/s1. The molecule has 0 bridgehead atoms. The summed E-state index contributed by atoms with van der Waals surface area (Å²) in [4.78, 5) is 25.6. The summed E-state index contributed by atoms with van der Waals surface area (Å²) in [5.41, 5.74) is 1.57. The van der Waals surface area contributed by atoms with Crippen LogP contribution in [-0.4, -0.2) is 56.2 Å². The van der Waals surface area contributed by atoms with Crippen molar-refractivity contribution in [3.8, 4) is 0 Å². The van der Waals surface area contributed by atoms with Gasteiger partial charge in [-0.05, 0) is 43.9 Å². The molecule has 25 heavy (non-hydrogen) atoms. The van der Waals surface area contributed by atoms with Gasteiger partial charge in [-0.2, -0.15) is 0 Å². The van der Waals surface area contributed by atoms with E-state index in [1.165, 1.54) is 0 Å². The summed E-state index contributed by atoms with van der Waals surface area (Å²) in [6.07, 6.45) is 2.86. The van der Waals surface area contributed by atoms with E-state index in [1.54, 1.807) is 38.1 Å². The number of rotatable bonds is 7. The molecule has 1 heterocycles. The fourth-order valence-corrected chi connectivity index (χ4v) is 2.83. The van der Waals surface area contributed by atoms with Crippen molar-refractivity contribution in [2.24, 2.45) is 0 Å². The van der Waals surface area contributed by atoms with Crippen molar-refractivity contribution < 1.29 is 19.1 Å². The zero-order valence-corrected chi connectivity index (χ0v) is 15.3. The molecule has 1 aromatic carbocycles. The van der Waals surface area contributed by atoms with Gasteiger partial charge in [-0.3, -0.25) is 9.59 Å². The van der Waals surface area contributed by atoms with Crippen molar-refractivity contribution in [1.29, 1.82) is 0 Å². The van der Waals surface area contributed by atoms with Crippen molar-refractivity contribution in [2.45, 2.75) is 44.9 Å². The van der Waals surface area contributed by atoms with Crippen molar-refractivity contribution in [3.63, 3.8) is 0 Å². The highest BCUT2D eigenvalue weighted by Crippen LogP contribution is 2.14. The molecule has 1 fully saturated rings. The highest BCUT2D eigenvalue weighted by atomic mass is 16.5. The number of carbonyl (C=O) groups is 2. The van der Waals surface area contributed by atoms with Crippen molar-refractivity contribution in [2.75, 3.05) is 27.3 Å². The normalized spacial score (nSPS) is 18.4. The zero-order chi connectivity index (χ0) is 18.2. The van der Waals surface area contributed by atoms with Crippen LogP contribution >= 0.6 is 0 Å². The first-order chi connectivity index (χ1) is 12.0. The molecule has 1 aromatic rings. The summed E-state index contributed by atoms with van der Waals surface area (Å²) in [5, 5.41) is 2.59. The van der Waals surface area contributed by atoms with Gasteiger partial charge < -0.3 is 19.7 Å². The Kier molecular flexibility index (Phi) is 7.40. The molecule has 0 unspecified atom stereocenters. The maximum Gasteiger partial charge on any atom is 0.251 e. The second kappa shape index (κ2) is 9.53. The molecule has 6 nitrogen and oxygen atoms in total. The van der Waals surface area contributed by atoms with Gasteiger partial charge in [0.1, 0.15) is 6.10 Å². The Morgan fingerprint density at radius 3 is 2.64 bits per heavy atom. The quantitative estimate of drug-likeness (QED) is 0.818. The largest absolute Gasteiger partial charge is 0.376 e. The average Bonchev–Trinajstić information content (AvgIpc) is 2.66. The third-order valence-electron chi connectivity index (χ3n) is 4.39. The molecule has 1 aliphatic rings. The van der Waals surface area contributed by atoms with Gasteiger partial charge in [-0.1, -0.05) is 12.1 Å². The van der Waals surface area contributed by atoms with Crippen LogP contribution in [0.15, 0.2) is 24.3 Å². The summed E-state index contributed by atoms with van der Waals surface area (Å²) in [6.45, 7) is 3.49. The van der Waals surface area contributed by atoms with E-state index in [2.05, 4.69) is 5.32 Å². The van der Waals surface area contributed by atoms with Crippen molar-refractivity contribution >= 4 is 11.8 Å². The van der Waals surface area contributed by atoms with E-state index >= 15 is 0 Å². The second-order valence-electron chi connectivity index (χ2n) is 6.43. The van der Waals surface area contributed by atoms with Crippen LogP contribution in [0.2, 0.25) is 0 Å². The van der Waals surface area contributed by atoms with E-state index < -0.39 is 6.10 Å². The molecular weight excluding hydrogens is 320 g/mol. The molecule has 6 heteroatoms. The Morgan fingerprint density at radius 1 is 1.32 bits per heavy atom. The molecular formula is C19H28N2O4. The van der Waals surface area contributed by atoms with E-state index in [-0.39, 0.29) is 17.9 Å². The van der Waals surface area contributed by atoms with E-state index in [0.717, 1.165) is 31.4 Å². The highest BCUT2D eigenvalue weighted by molar-refractivity contribution is 5.93. The topological polar surface area (TPSA) is 67.9 Å². The van der Waals surface area contributed by atoms with Crippen LogP contribution in [0.3, 0.4) is 0 Å². The Balaban J connectivity index is 1.81. The predicted octanol–water partition coefficient (Wildman–Crippen LogP) is 1.98. The number of nitrogens with one attached hydrogen (secondary N) is 1. The lowest BCUT2D eigenvalue weighted by Gasteiger charge is -2.26. The van der Waals surface area contributed by atoms with Gasteiger partial charge in [0, 0.05) is 32.8 Å². The summed E-state index contributed by atoms with van der Waals surface area (Å²) in [7, 11) is 3.36. The molecule has 138 valence electrons. The maximum absolute atomic E-state index is 12.4. The van der Waals surface area contributed by atoms with Gasteiger partial charge >= 0.3 is 0 Å². The Bertz CT molecular complexity index is 567. The fourth-order valence-electron chi connectivity index (χ4n) is 2.83. The number of benzene rings is 1. The van der Waals surface area contributed by atoms with E-state index in [4.69, 9.17) is 9.47 Å². The van der Waals surface area contributed by atoms with Gasteiger partial charge in [0.05, 0.1) is 12.7 Å².